The quantitative estimate of drug-likeness (QED) is 0.157. The summed E-state index contributed by atoms with van der Waals surface area (Å²) in [6, 6.07) is 0.259. The van der Waals surface area contributed by atoms with Gasteiger partial charge in [0.2, 0.25) is 17.6 Å². The Kier molecular flexibility index (Phi) is 17.0. The Morgan fingerprint density at radius 2 is 1.41 bits per heavy atom. The van der Waals surface area contributed by atoms with Gasteiger partial charge in [0.1, 0.15) is 42.4 Å². The van der Waals surface area contributed by atoms with Gasteiger partial charge in [0, 0.05) is 40.0 Å². The molecule has 0 aliphatic carbocycles. The molecule has 11 unspecified atom stereocenters. The van der Waals surface area contributed by atoms with Crippen LogP contribution in [0.5, 0.6) is 0 Å². The van der Waals surface area contributed by atoms with Crippen LogP contribution >= 0.6 is 0 Å². The van der Waals surface area contributed by atoms with Crippen molar-refractivity contribution in [1.82, 2.24) is 41.0 Å². The highest BCUT2D eigenvalue weighted by Gasteiger charge is 2.57. The number of likely N-dealkylation sites (N-methyl/N-ethyl adjacent to an activating group) is 2. The second kappa shape index (κ2) is 21.5. The van der Waals surface area contributed by atoms with E-state index in [4.69, 9.17) is 9.47 Å². The summed E-state index contributed by atoms with van der Waals surface area (Å²) in [5, 5.41) is 40.1. The topological polar surface area (TPSA) is 251 Å². The molecule has 4 heterocycles. The Balaban J connectivity index is 1.58. The first-order valence-electron chi connectivity index (χ1n) is 23.3. The second-order valence-electron chi connectivity index (χ2n) is 19.4. The van der Waals surface area contributed by atoms with Crippen LogP contribution in [0.1, 0.15) is 106 Å². The molecular weight excluding hydrogens is 857 g/mol. The lowest BCUT2D eigenvalue weighted by Crippen LogP contribution is -2.70. The molecule has 0 bridgehead atoms. The third-order valence-electron chi connectivity index (χ3n) is 13.8. The van der Waals surface area contributed by atoms with Gasteiger partial charge in [-0.25, -0.2) is 20.7 Å². The Morgan fingerprint density at radius 3 is 1.97 bits per heavy atom. The largest absolute Gasteiger partial charge is 0.458 e. The van der Waals surface area contributed by atoms with Crippen LogP contribution in [0.3, 0.4) is 0 Å². The molecule has 0 radical (unpaired) electrons. The smallest absolute Gasteiger partial charge is 0.328 e. The zero-order valence-electron chi connectivity index (χ0n) is 40.1. The van der Waals surface area contributed by atoms with Crippen LogP contribution in [0.4, 0.5) is 0 Å². The fourth-order valence-electron chi connectivity index (χ4n) is 9.33. The molecule has 4 aliphatic heterocycles. The lowest BCUT2D eigenvalue weighted by atomic mass is 9.79. The van der Waals surface area contributed by atoms with Crippen LogP contribution in [-0.4, -0.2) is 169 Å². The number of carbonyl (C=O) groups excluding carboxylic acids is 7. The zero-order valence-corrected chi connectivity index (χ0v) is 40.1. The van der Waals surface area contributed by atoms with Gasteiger partial charge >= 0.3 is 5.97 Å². The molecule has 66 heavy (non-hydrogen) atoms. The zero-order chi connectivity index (χ0) is 49.0. The maximum atomic E-state index is 15.1. The summed E-state index contributed by atoms with van der Waals surface area (Å²) in [4.78, 5) is 104. The van der Waals surface area contributed by atoms with Crippen LogP contribution in [0, 0.1) is 17.8 Å². The molecular formula is C46H72N8O12. The van der Waals surface area contributed by atoms with Crippen molar-refractivity contribution in [2.24, 2.45) is 17.8 Å². The van der Waals surface area contributed by atoms with E-state index in [0.29, 0.717) is 37.3 Å². The number of amides is 6. The molecule has 6 amide bonds. The number of nitrogens with zero attached hydrogens (tertiary/aromatic N) is 5. The van der Waals surface area contributed by atoms with Crippen LogP contribution in [0.15, 0.2) is 30.3 Å². The molecule has 6 N–H and O–H groups in total. The Morgan fingerprint density at radius 1 is 0.833 bits per heavy atom. The number of carbonyl (C=O) groups is 7. The highest BCUT2D eigenvalue weighted by Crippen LogP contribution is 2.40. The third-order valence-corrected chi connectivity index (χ3v) is 13.8. The first-order chi connectivity index (χ1) is 30.9. The summed E-state index contributed by atoms with van der Waals surface area (Å²) in [5.74, 6) is -9.21. The van der Waals surface area contributed by atoms with E-state index in [1.165, 1.54) is 33.0 Å². The molecule has 1 aromatic rings. The number of cyclic esters (lactones) is 1. The number of benzene rings is 1. The normalized spacial score (nSPS) is 32.6. The van der Waals surface area contributed by atoms with Crippen molar-refractivity contribution in [3.05, 3.63) is 35.9 Å². The van der Waals surface area contributed by atoms with E-state index in [1.807, 2.05) is 0 Å². The minimum atomic E-state index is -2.68. The molecule has 20 heteroatoms. The fraction of sp³-hybridized carbons (Fsp3) is 0.717. The van der Waals surface area contributed by atoms with Crippen LogP contribution < -0.4 is 16.2 Å². The molecule has 0 saturated carbocycles. The van der Waals surface area contributed by atoms with Crippen LogP contribution in [0.25, 0.3) is 0 Å². The third kappa shape index (κ3) is 11.0. The monoisotopic (exact) mass is 929 g/mol. The summed E-state index contributed by atoms with van der Waals surface area (Å²) in [6.07, 6.45) is -0.00228. The van der Waals surface area contributed by atoms with Gasteiger partial charge in [-0.2, -0.15) is 0 Å². The number of hydrazine groups is 2. The fourth-order valence-corrected chi connectivity index (χ4v) is 9.33. The van der Waals surface area contributed by atoms with Crippen molar-refractivity contribution in [3.8, 4) is 0 Å². The van der Waals surface area contributed by atoms with Gasteiger partial charge in [0.25, 0.3) is 23.6 Å². The average molecular weight is 929 g/mol. The van der Waals surface area contributed by atoms with E-state index >= 15 is 4.79 Å². The van der Waals surface area contributed by atoms with Crippen LogP contribution in [0.2, 0.25) is 0 Å². The molecule has 0 aromatic heterocycles. The second-order valence-corrected chi connectivity index (χ2v) is 19.4. The van der Waals surface area contributed by atoms with Gasteiger partial charge in [-0.1, -0.05) is 58.0 Å². The SMILES string of the molecule is CC(C)CC1CCC(O)(C(C)(O)C(=O)NC2C(=O)N3NCCCC3C(=O)N(O)C(C)C(=O)N(C)C(Cc3ccccc3)C(=O)N3NCCCC3C(=O)N(C)C(C)C(=O)OC2C(C)C)OC1C. The molecule has 368 valence electrons. The summed E-state index contributed by atoms with van der Waals surface area (Å²) in [5.41, 5.74) is 3.90. The first kappa shape index (κ1) is 52.2. The maximum Gasteiger partial charge on any atom is 0.328 e. The van der Waals surface area contributed by atoms with Crippen LogP contribution in [-0.2, 0) is 49.5 Å². The van der Waals surface area contributed by atoms with Crippen molar-refractivity contribution in [2.75, 3.05) is 27.2 Å². The summed E-state index contributed by atoms with van der Waals surface area (Å²) < 4.78 is 12.1. The van der Waals surface area contributed by atoms with Crippen molar-refractivity contribution in [1.29, 1.82) is 0 Å². The Bertz CT molecular complexity index is 1940. The van der Waals surface area contributed by atoms with E-state index < -0.39 is 107 Å². The molecule has 4 aliphatic rings. The number of aliphatic hydroxyl groups is 2. The van der Waals surface area contributed by atoms with Gasteiger partial charge in [0.15, 0.2) is 5.60 Å². The van der Waals surface area contributed by atoms with Crippen molar-refractivity contribution < 1.29 is 58.5 Å². The lowest BCUT2D eigenvalue weighted by Gasteiger charge is -2.47. The van der Waals surface area contributed by atoms with Gasteiger partial charge < -0.3 is 34.8 Å². The molecule has 4 fully saturated rings. The molecule has 1 aromatic carbocycles. The number of hydrogen-bond donors (Lipinski definition) is 6. The number of esters is 1. The number of hydroxylamine groups is 2. The predicted octanol–water partition coefficient (Wildman–Crippen LogP) is 0.868. The summed E-state index contributed by atoms with van der Waals surface area (Å²) >= 11 is 0. The molecule has 5 rings (SSSR count). The minimum Gasteiger partial charge on any atom is -0.458 e. The van der Waals surface area contributed by atoms with Gasteiger partial charge in [-0.3, -0.25) is 44.0 Å². The van der Waals surface area contributed by atoms with E-state index in [1.54, 1.807) is 51.1 Å². The van der Waals surface area contributed by atoms with Gasteiger partial charge in [0.05, 0.1) is 6.10 Å². The first-order valence-corrected chi connectivity index (χ1v) is 23.3. The maximum absolute atomic E-state index is 15.1. The molecule has 20 nitrogen and oxygen atoms in total. The number of hydrogen-bond acceptors (Lipinski definition) is 14. The Labute approximate surface area is 387 Å². The number of rotatable bonds is 8. The molecule has 4 saturated heterocycles. The lowest BCUT2D eigenvalue weighted by molar-refractivity contribution is -0.326. The van der Waals surface area contributed by atoms with Gasteiger partial charge in [-0.15, -0.1) is 0 Å². The van der Waals surface area contributed by atoms with Crippen molar-refractivity contribution in [2.45, 2.75) is 167 Å². The minimum absolute atomic E-state index is 0.00171. The Hall–Kier alpha value is -4.73. The standard InChI is InChI=1S/C46H72N8O12/c1-26(2)24-32-20-21-46(63,66-30(32)7)45(8,62)44(61)49-36-37(27(3)4)65-43(60)29(6)50(9)39(56)33-18-14-22-47-52(33)40(57)35(25-31-16-12-11-13-17-31)51(10)38(55)28(5)54(64)41(58)34-19-15-23-48-53(34)42(36)59/h11-13,16-17,26-30,32-37,47-48,62-64H,14-15,18-25H2,1-10H3,(H,49,61). The van der Waals surface area contributed by atoms with Gasteiger partial charge in [-0.05, 0) is 89.5 Å². The van der Waals surface area contributed by atoms with Crippen molar-refractivity contribution in [3.63, 3.8) is 0 Å². The highest BCUT2D eigenvalue weighted by atomic mass is 16.6. The van der Waals surface area contributed by atoms with E-state index in [9.17, 15) is 44.2 Å². The summed E-state index contributed by atoms with van der Waals surface area (Å²) in [6.45, 7) is 13.3. The van der Waals surface area contributed by atoms with E-state index in [-0.39, 0.29) is 43.2 Å². The number of nitrogens with one attached hydrogen (secondary N) is 3. The molecule has 11 atom stereocenters. The average Bonchev–Trinajstić information content (AvgIpc) is 3.29. The number of fused-ring (bicyclic) bond motifs is 2. The highest BCUT2D eigenvalue weighted by molar-refractivity contribution is 5.97. The molecule has 0 spiro atoms. The van der Waals surface area contributed by atoms with E-state index in [2.05, 4.69) is 30.0 Å². The number of ether oxygens (including phenoxy) is 2. The van der Waals surface area contributed by atoms with E-state index in [0.717, 1.165) is 28.2 Å². The van der Waals surface area contributed by atoms with Crippen molar-refractivity contribution >= 4 is 41.4 Å². The predicted molar refractivity (Wildman–Crippen MR) is 238 cm³/mol. The summed E-state index contributed by atoms with van der Waals surface area (Å²) in [7, 11) is 2.74.